The predicted octanol–water partition coefficient (Wildman–Crippen LogP) is 5.19. The fraction of sp³-hybridized carbons (Fsp3) is 0.478. The molecule has 156 valence electrons. The van der Waals surface area contributed by atoms with Gasteiger partial charge < -0.3 is 14.5 Å². The van der Waals surface area contributed by atoms with Crippen LogP contribution in [0.15, 0.2) is 47.4 Å². The van der Waals surface area contributed by atoms with Gasteiger partial charge >= 0.3 is 0 Å². The number of rotatable bonds is 5. The molecule has 3 aliphatic rings. The van der Waals surface area contributed by atoms with Crippen LogP contribution < -0.4 is 9.64 Å². The van der Waals surface area contributed by atoms with Crippen molar-refractivity contribution in [3.05, 3.63) is 53.8 Å². The fourth-order valence-corrected chi connectivity index (χ4v) is 6.06. The van der Waals surface area contributed by atoms with Gasteiger partial charge in [-0.3, -0.25) is 0 Å². The molecule has 2 aromatic rings. The number of fused-ring (bicyclic) bond motifs is 3. The minimum atomic E-state index is -0.220. The van der Waals surface area contributed by atoms with E-state index in [-0.39, 0.29) is 18.2 Å². The highest BCUT2D eigenvalue weighted by Gasteiger charge is 2.43. The van der Waals surface area contributed by atoms with Crippen LogP contribution in [0.25, 0.3) is 0 Å². The molecule has 3 heterocycles. The first-order chi connectivity index (χ1) is 13.8. The Morgan fingerprint density at radius 2 is 1.97 bits per heavy atom. The normalized spacial score (nSPS) is 23.0. The maximum Gasteiger partial charge on any atom is 0.123 e. The number of nitrogens with zero attached hydrogens (tertiary/aromatic N) is 2. The van der Waals surface area contributed by atoms with Crippen molar-refractivity contribution in [3.8, 4) is 5.75 Å². The van der Waals surface area contributed by atoms with Crippen molar-refractivity contribution in [1.29, 1.82) is 0 Å². The number of hydrogen-bond acceptors (Lipinski definition) is 4. The number of thioether (sulfide) groups is 1. The maximum atomic E-state index is 13.0. The number of benzene rings is 2. The first-order valence-corrected chi connectivity index (χ1v) is 11.4. The monoisotopic (exact) mass is 434 g/mol. The SMILES string of the molecule is Cl.Fc1ccc(OCCCN2CC[C@H]3[C@@H](C2)c2cccc4c2N3CCCS4)cc1. The number of ether oxygens (including phenoxy) is 1. The third kappa shape index (κ3) is 4.23. The van der Waals surface area contributed by atoms with Crippen molar-refractivity contribution >= 4 is 29.9 Å². The Bertz CT molecular complexity index is 834. The molecule has 0 aliphatic carbocycles. The van der Waals surface area contributed by atoms with Crippen LogP contribution in [0.4, 0.5) is 10.1 Å². The molecule has 1 fully saturated rings. The predicted molar refractivity (Wildman–Crippen MR) is 120 cm³/mol. The molecule has 29 heavy (non-hydrogen) atoms. The Morgan fingerprint density at radius 1 is 1.10 bits per heavy atom. The molecule has 6 heteroatoms. The van der Waals surface area contributed by atoms with Crippen LogP contribution in [-0.4, -0.2) is 49.5 Å². The molecular formula is C23H28ClFN2OS. The lowest BCUT2D eigenvalue weighted by Crippen LogP contribution is -2.46. The highest BCUT2D eigenvalue weighted by molar-refractivity contribution is 7.99. The number of para-hydroxylation sites is 1. The van der Waals surface area contributed by atoms with Crippen LogP contribution in [0.2, 0.25) is 0 Å². The molecule has 0 unspecified atom stereocenters. The molecule has 3 aliphatic heterocycles. The average Bonchev–Trinajstić information content (AvgIpc) is 2.88. The third-order valence-electron chi connectivity index (χ3n) is 6.28. The molecule has 3 nitrogen and oxygen atoms in total. The van der Waals surface area contributed by atoms with E-state index in [1.54, 1.807) is 23.4 Å². The fourth-order valence-electron chi connectivity index (χ4n) is 5.02. The van der Waals surface area contributed by atoms with Gasteiger partial charge in [0.2, 0.25) is 0 Å². The van der Waals surface area contributed by atoms with E-state index in [1.807, 2.05) is 11.8 Å². The van der Waals surface area contributed by atoms with E-state index >= 15 is 0 Å². The van der Waals surface area contributed by atoms with Crippen LogP contribution in [-0.2, 0) is 0 Å². The first kappa shape index (κ1) is 20.8. The summed E-state index contributed by atoms with van der Waals surface area (Å²) in [4.78, 5) is 6.82. The van der Waals surface area contributed by atoms with Gasteiger partial charge in [-0.25, -0.2) is 4.39 Å². The van der Waals surface area contributed by atoms with Crippen LogP contribution in [0.5, 0.6) is 5.75 Å². The lowest BCUT2D eigenvalue weighted by Gasteiger charge is -2.39. The summed E-state index contributed by atoms with van der Waals surface area (Å²) in [6, 6.07) is 13.9. The van der Waals surface area contributed by atoms with E-state index in [9.17, 15) is 4.39 Å². The van der Waals surface area contributed by atoms with Gasteiger partial charge in [0.1, 0.15) is 11.6 Å². The summed E-state index contributed by atoms with van der Waals surface area (Å²) >= 11 is 2.03. The third-order valence-corrected chi connectivity index (χ3v) is 7.41. The summed E-state index contributed by atoms with van der Waals surface area (Å²) in [7, 11) is 0. The highest BCUT2D eigenvalue weighted by Crippen LogP contribution is 2.50. The van der Waals surface area contributed by atoms with E-state index in [2.05, 4.69) is 28.0 Å². The van der Waals surface area contributed by atoms with E-state index in [1.165, 1.54) is 48.7 Å². The summed E-state index contributed by atoms with van der Waals surface area (Å²) in [5.41, 5.74) is 3.12. The lowest BCUT2D eigenvalue weighted by molar-refractivity contribution is 0.178. The topological polar surface area (TPSA) is 15.7 Å². The van der Waals surface area contributed by atoms with Crippen LogP contribution in [0.3, 0.4) is 0 Å². The van der Waals surface area contributed by atoms with Gasteiger partial charge in [-0.2, -0.15) is 0 Å². The standard InChI is InChI=1S/C23H27FN2OS.ClH/c24-17-6-8-18(9-7-17)27-14-2-11-25-13-10-21-20(16-25)19-4-1-5-22-23(19)26(21)12-3-15-28-22;/h1,4-9,20-21H,2-3,10-16H2;1H/t20-,21-;/m0./s1. The lowest BCUT2D eigenvalue weighted by atomic mass is 9.89. The van der Waals surface area contributed by atoms with Gasteiger partial charge in [0.15, 0.2) is 0 Å². The summed E-state index contributed by atoms with van der Waals surface area (Å²) in [5.74, 6) is 2.41. The Labute approximate surface area is 183 Å². The summed E-state index contributed by atoms with van der Waals surface area (Å²) < 4.78 is 18.7. The number of anilines is 1. The second-order valence-electron chi connectivity index (χ2n) is 8.01. The van der Waals surface area contributed by atoms with Gasteiger partial charge in [0, 0.05) is 43.0 Å². The number of likely N-dealkylation sites (tertiary alicyclic amines) is 1. The Hall–Kier alpha value is -1.43. The summed E-state index contributed by atoms with van der Waals surface area (Å²) in [5, 5.41) is 0. The van der Waals surface area contributed by atoms with Gasteiger partial charge in [0.05, 0.1) is 12.3 Å². The molecule has 0 amide bonds. The molecule has 0 N–H and O–H groups in total. The van der Waals surface area contributed by atoms with Crippen molar-refractivity contribution in [2.75, 3.05) is 43.4 Å². The average molecular weight is 435 g/mol. The van der Waals surface area contributed by atoms with Crippen LogP contribution in [0.1, 0.15) is 30.7 Å². The van der Waals surface area contributed by atoms with Crippen molar-refractivity contribution in [1.82, 2.24) is 4.90 Å². The second kappa shape index (κ2) is 9.15. The van der Waals surface area contributed by atoms with Gasteiger partial charge in [0.25, 0.3) is 0 Å². The van der Waals surface area contributed by atoms with Crippen molar-refractivity contribution < 1.29 is 9.13 Å². The minimum Gasteiger partial charge on any atom is -0.494 e. The Balaban J connectivity index is 0.00000205. The van der Waals surface area contributed by atoms with Gasteiger partial charge in [-0.1, -0.05) is 12.1 Å². The molecule has 0 bridgehead atoms. The molecule has 0 radical (unpaired) electrons. The number of halogens is 2. The van der Waals surface area contributed by atoms with Crippen molar-refractivity contribution in [3.63, 3.8) is 0 Å². The zero-order valence-corrected chi connectivity index (χ0v) is 18.2. The minimum absolute atomic E-state index is 0. The van der Waals surface area contributed by atoms with Crippen molar-refractivity contribution in [2.45, 2.75) is 36.1 Å². The van der Waals surface area contributed by atoms with Crippen LogP contribution >= 0.6 is 24.2 Å². The zero-order chi connectivity index (χ0) is 18.9. The molecule has 0 aromatic heterocycles. The molecule has 2 aromatic carbocycles. The first-order valence-electron chi connectivity index (χ1n) is 10.4. The van der Waals surface area contributed by atoms with Crippen LogP contribution in [0, 0.1) is 5.82 Å². The maximum absolute atomic E-state index is 13.0. The van der Waals surface area contributed by atoms with E-state index < -0.39 is 0 Å². The summed E-state index contributed by atoms with van der Waals surface area (Å²) in [6.07, 6.45) is 3.54. The highest BCUT2D eigenvalue weighted by atomic mass is 35.5. The Kier molecular flexibility index (Phi) is 6.57. The molecule has 0 spiro atoms. The van der Waals surface area contributed by atoms with Crippen molar-refractivity contribution in [2.24, 2.45) is 0 Å². The largest absolute Gasteiger partial charge is 0.494 e. The number of hydrogen-bond donors (Lipinski definition) is 0. The molecule has 1 saturated heterocycles. The van der Waals surface area contributed by atoms with E-state index in [0.717, 1.165) is 25.3 Å². The molecular weight excluding hydrogens is 407 g/mol. The number of piperidine rings is 1. The Morgan fingerprint density at radius 3 is 2.83 bits per heavy atom. The van der Waals surface area contributed by atoms with E-state index in [0.29, 0.717) is 18.6 Å². The second-order valence-corrected chi connectivity index (χ2v) is 9.15. The summed E-state index contributed by atoms with van der Waals surface area (Å²) in [6.45, 7) is 5.28. The quantitative estimate of drug-likeness (QED) is 0.601. The molecule has 5 rings (SSSR count). The van der Waals surface area contributed by atoms with Gasteiger partial charge in [-0.15, -0.1) is 24.2 Å². The zero-order valence-electron chi connectivity index (χ0n) is 16.6. The van der Waals surface area contributed by atoms with E-state index in [4.69, 9.17) is 4.74 Å². The molecule has 0 saturated carbocycles. The molecule has 2 atom stereocenters. The van der Waals surface area contributed by atoms with Gasteiger partial charge in [-0.05, 0) is 60.9 Å². The smallest absolute Gasteiger partial charge is 0.123 e.